The number of carbonyl (C=O) groups excluding carboxylic acids is 1. The second kappa shape index (κ2) is 9.84. The van der Waals surface area contributed by atoms with Crippen molar-refractivity contribution in [2.24, 2.45) is 0 Å². The van der Waals surface area contributed by atoms with Gasteiger partial charge in [-0.25, -0.2) is 15.3 Å². The molecule has 1 aliphatic rings. The van der Waals surface area contributed by atoms with Gasteiger partial charge in [-0.1, -0.05) is 36.4 Å². The van der Waals surface area contributed by atoms with Crippen molar-refractivity contribution in [3.63, 3.8) is 0 Å². The van der Waals surface area contributed by atoms with Crippen LogP contribution < -0.4 is 11.0 Å². The summed E-state index contributed by atoms with van der Waals surface area (Å²) in [5.74, 6) is 0.649. The smallest absolute Gasteiger partial charge is 0.320 e. The summed E-state index contributed by atoms with van der Waals surface area (Å²) in [6.45, 7) is 3.41. The molecule has 0 bridgehead atoms. The predicted octanol–water partition coefficient (Wildman–Crippen LogP) is 3.67. The molecule has 0 aliphatic carbocycles. The van der Waals surface area contributed by atoms with E-state index in [1.54, 1.807) is 16.2 Å². The number of thiophene rings is 2. The number of hydroxylamine groups is 1. The highest BCUT2D eigenvalue weighted by atomic mass is 32.1. The number of urea groups is 1. The normalized spacial score (nSPS) is 14.6. The predicted molar refractivity (Wildman–Crippen MR) is 130 cm³/mol. The number of fused-ring (bicyclic) bond motifs is 1. The van der Waals surface area contributed by atoms with Crippen molar-refractivity contribution in [2.75, 3.05) is 26.2 Å². The highest BCUT2D eigenvalue weighted by molar-refractivity contribution is 7.18. The summed E-state index contributed by atoms with van der Waals surface area (Å²) >= 11 is 3.11. The van der Waals surface area contributed by atoms with Crippen molar-refractivity contribution >= 4 is 38.9 Å². The fraction of sp³-hybridized carbons (Fsp3) is 0.261. The molecule has 33 heavy (non-hydrogen) atoms. The Bertz CT molecular complexity index is 1280. The first-order valence-electron chi connectivity index (χ1n) is 10.6. The molecular formula is C23H23N5O3S2. The number of nitrogens with zero attached hydrogens (tertiary/aromatic N) is 3. The van der Waals surface area contributed by atoms with E-state index in [2.05, 4.69) is 15.4 Å². The Morgan fingerprint density at radius 1 is 1.09 bits per heavy atom. The standard InChI is InChI=1S/C23H23N5O3S2/c29-21-20-17(18-7-4-12-32-18)15-33-22(20)25-19(24-21)13-27-8-10-28(11-9-27)23(30)26-31-14-16-5-2-1-3-6-16/h1-7,12,15H,8-11,13-14H2,(H,26,30)(H,24,25,29). The summed E-state index contributed by atoms with van der Waals surface area (Å²) in [7, 11) is 0. The molecule has 0 unspecified atom stereocenters. The second-order valence-corrected chi connectivity index (χ2v) is 9.57. The maximum atomic E-state index is 12.8. The lowest BCUT2D eigenvalue weighted by atomic mass is 10.2. The van der Waals surface area contributed by atoms with E-state index in [1.165, 1.54) is 11.3 Å². The van der Waals surface area contributed by atoms with Gasteiger partial charge in [-0.15, -0.1) is 22.7 Å². The number of rotatable bonds is 6. The van der Waals surface area contributed by atoms with E-state index in [4.69, 9.17) is 9.82 Å². The van der Waals surface area contributed by atoms with Crippen LogP contribution in [0.4, 0.5) is 4.79 Å². The van der Waals surface area contributed by atoms with Crippen LogP contribution in [0, 0.1) is 0 Å². The van der Waals surface area contributed by atoms with Gasteiger partial charge in [0.1, 0.15) is 10.7 Å². The number of hydrogen-bond acceptors (Lipinski definition) is 7. The zero-order valence-electron chi connectivity index (χ0n) is 17.8. The number of amides is 2. The highest BCUT2D eigenvalue weighted by Gasteiger charge is 2.22. The van der Waals surface area contributed by atoms with E-state index in [-0.39, 0.29) is 11.6 Å². The van der Waals surface area contributed by atoms with Crippen LogP contribution in [-0.4, -0.2) is 52.0 Å². The number of hydrogen-bond donors (Lipinski definition) is 2. The molecule has 1 aromatic carbocycles. The van der Waals surface area contributed by atoms with Crippen molar-refractivity contribution in [1.82, 2.24) is 25.2 Å². The van der Waals surface area contributed by atoms with Gasteiger partial charge in [0.05, 0.1) is 18.5 Å². The molecule has 3 aromatic heterocycles. The molecule has 1 fully saturated rings. The summed E-state index contributed by atoms with van der Waals surface area (Å²) in [5.41, 5.74) is 4.35. The molecule has 5 rings (SSSR count). The first kappa shape index (κ1) is 21.8. The van der Waals surface area contributed by atoms with Crippen LogP contribution in [0.2, 0.25) is 0 Å². The van der Waals surface area contributed by atoms with Gasteiger partial charge in [-0.3, -0.25) is 14.5 Å². The summed E-state index contributed by atoms with van der Waals surface area (Å²) in [5, 5.41) is 4.66. The van der Waals surface area contributed by atoms with Crippen LogP contribution >= 0.6 is 22.7 Å². The van der Waals surface area contributed by atoms with Crippen molar-refractivity contribution in [3.05, 3.63) is 75.0 Å². The van der Waals surface area contributed by atoms with Gasteiger partial charge in [0.2, 0.25) is 0 Å². The Morgan fingerprint density at radius 2 is 1.91 bits per heavy atom. The first-order valence-corrected chi connectivity index (χ1v) is 12.4. The third-order valence-electron chi connectivity index (χ3n) is 5.55. The molecule has 170 valence electrons. The van der Waals surface area contributed by atoms with Crippen molar-refractivity contribution < 1.29 is 9.63 Å². The molecule has 4 aromatic rings. The lowest BCUT2D eigenvalue weighted by Crippen LogP contribution is -2.51. The second-order valence-electron chi connectivity index (χ2n) is 7.76. The van der Waals surface area contributed by atoms with Crippen LogP contribution in [0.25, 0.3) is 20.7 Å². The van der Waals surface area contributed by atoms with E-state index in [0.717, 1.165) is 20.8 Å². The van der Waals surface area contributed by atoms with E-state index in [1.807, 2.05) is 53.2 Å². The van der Waals surface area contributed by atoms with Gasteiger partial charge >= 0.3 is 6.03 Å². The number of benzene rings is 1. The Hall–Kier alpha value is -3.05. The molecule has 0 saturated carbocycles. The molecule has 2 amide bonds. The number of nitrogens with one attached hydrogen (secondary N) is 2. The maximum absolute atomic E-state index is 12.8. The van der Waals surface area contributed by atoms with Gasteiger partial charge in [0.25, 0.3) is 5.56 Å². The molecule has 1 aliphatic heterocycles. The van der Waals surface area contributed by atoms with Crippen LogP contribution in [0.3, 0.4) is 0 Å². The van der Waals surface area contributed by atoms with E-state index in [0.29, 0.717) is 50.5 Å². The number of piperazine rings is 1. The summed E-state index contributed by atoms with van der Waals surface area (Å²) in [6.07, 6.45) is 0. The summed E-state index contributed by atoms with van der Waals surface area (Å²) in [4.78, 5) is 43.9. The zero-order valence-corrected chi connectivity index (χ0v) is 19.5. The molecule has 1 saturated heterocycles. The Kier molecular flexibility index (Phi) is 6.49. The average molecular weight is 482 g/mol. The quantitative estimate of drug-likeness (QED) is 0.410. The topological polar surface area (TPSA) is 90.6 Å². The minimum Gasteiger partial charge on any atom is -0.320 e. The number of H-pyrrole nitrogens is 1. The molecule has 0 atom stereocenters. The molecule has 2 N–H and O–H groups in total. The van der Waals surface area contributed by atoms with Crippen molar-refractivity contribution in [3.8, 4) is 10.4 Å². The van der Waals surface area contributed by atoms with E-state index in [9.17, 15) is 9.59 Å². The molecule has 0 spiro atoms. The van der Waals surface area contributed by atoms with Crippen LogP contribution in [0.1, 0.15) is 11.4 Å². The maximum Gasteiger partial charge on any atom is 0.341 e. The third-order valence-corrected chi connectivity index (χ3v) is 7.33. The minimum atomic E-state index is -0.238. The van der Waals surface area contributed by atoms with Gasteiger partial charge in [0, 0.05) is 42.0 Å². The fourth-order valence-electron chi connectivity index (χ4n) is 3.82. The van der Waals surface area contributed by atoms with Crippen molar-refractivity contribution in [1.29, 1.82) is 0 Å². The van der Waals surface area contributed by atoms with E-state index < -0.39 is 0 Å². The lowest BCUT2D eigenvalue weighted by molar-refractivity contribution is 0.0297. The molecule has 4 heterocycles. The molecule has 8 nitrogen and oxygen atoms in total. The largest absolute Gasteiger partial charge is 0.341 e. The Labute approximate surface area is 198 Å². The number of aromatic amines is 1. The van der Waals surface area contributed by atoms with Gasteiger partial charge in [-0.2, -0.15) is 0 Å². The van der Waals surface area contributed by atoms with E-state index >= 15 is 0 Å². The molecular weight excluding hydrogens is 458 g/mol. The summed E-state index contributed by atoms with van der Waals surface area (Å²) in [6, 6.07) is 13.4. The average Bonchev–Trinajstić information content (AvgIpc) is 3.50. The fourth-order valence-corrected chi connectivity index (χ4v) is 5.60. The highest BCUT2D eigenvalue weighted by Crippen LogP contribution is 2.33. The monoisotopic (exact) mass is 481 g/mol. The Morgan fingerprint density at radius 3 is 2.67 bits per heavy atom. The lowest BCUT2D eigenvalue weighted by Gasteiger charge is -2.34. The summed E-state index contributed by atoms with van der Waals surface area (Å²) < 4.78 is 0. The zero-order chi connectivity index (χ0) is 22.6. The molecule has 10 heteroatoms. The van der Waals surface area contributed by atoms with Crippen LogP contribution in [-0.2, 0) is 18.0 Å². The van der Waals surface area contributed by atoms with Crippen LogP contribution in [0.15, 0.2) is 58.0 Å². The number of aromatic nitrogens is 2. The molecule has 0 radical (unpaired) electrons. The SMILES string of the molecule is O=C(NOCc1ccccc1)N1CCN(Cc2nc3scc(-c4cccs4)c3c(=O)[nH]2)CC1. The van der Waals surface area contributed by atoms with Gasteiger partial charge in [0.15, 0.2) is 0 Å². The van der Waals surface area contributed by atoms with Crippen molar-refractivity contribution in [2.45, 2.75) is 13.2 Å². The minimum absolute atomic E-state index is 0.103. The number of carbonyl (C=O) groups is 1. The van der Waals surface area contributed by atoms with Gasteiger partial charge < -0.3 is 9.88 Å². The third kappa shape index (κ3) is 4.98. The first-order chi connectivity index (χ1) is 16.2. The van der Waals surface area contributed by atoms with Crippen LogP contribution in [0.5, 0.6) is 0 Å². The Balaban J connectivity index is 1.15. The van der Waals surface area contributed by atoms with Gasteiger partial charge in [-0.05, 0) is 17.0 Å².